The van der Waals surface area contributed by atoms with Gasteiger partial charge in [-0.2, -0.15) is 0 Å². The minimum Gasteiger partial charge on any atom is -0.354 e. The van der Waals surface area contributed by atoms with Gasteiger partial charge in [0.1, 0.15) is 12.6 Å². The molecule has 0 saturated heterocycles. The molecule has 7 nitrogen and oxygen atoms in total. The first-order chi connectivity index (χ1) is 17.5. The molecule has 198 valence electrons. The Morgan fingerprint density at radius 2 is 1.73 bits per heavy atom. The second-order valence-corrected chi connectivity index (χ2v) is 11.6. The van der Waals surface area contributed by atoms with Crippen LogP contribution in [0.3, 0.4) is 0 Å². The smallest absolute Gasteiger partial charge is 0.244 e. The van der Waals surface area contributed by atoms with Gasteiger partial charge in [-0.15, -0.1) is 0 Å². The summed E-state index contributed by atoms with van der Waals surface area (Å²) < 4.78 is 26.9. The molecule has 2 amide bonds. The van der Waals surface area contributed by atoms with Crippen LogP contribution in [0.1, 0.15) is 32.3 Å². The average molecular weight is 565 g/mol. The van der Waals surface area contributed by atoms with Crippen molar-refractivity contribution in [2.75, 3.05) is 23.7 Å². The van der Waals surface area contributed by atoms with Gasteiger partial charge in [0.2, 0.25) is 21.8 Å². The number of benzene rings is 3. The minimum atomic E-state index is -3.85. The van der Waals surface area contributed by atoms with Crippen LogP contribution in [0.4, 0.5) is 5.69 Å². The number of anilines is 1. The highest BCUT2D eigenvalue weighted by atomic mass is 35.5. The molecule has 0 unspecified atom stereocenters. The fourth-order valence-corrected chi connectivity index (χ4v) is 5.30. The van der Waals surface area contributed by atoms with E-state index < -0.39 is 28.5 Å². The second-order valence-electron chi connectivity index (χ2n) is 8.85. The Bertz CT molecular complexity index is 1380. The predicted octanol–water partition coefficient (Wildman–Crippen LogP) is 5.25. The highest BCUT2D eigenvalue weighted by Crippen LogP contribution is 2.29. The zero-order chi connectivity index (χ0) is 27.2. The number of hydrogen-bond donors (Lipinski definition) is 1. The van der Waals surface area contributed by atoms with Gasteiger partial charge in [-0.25, -0.2) is 8.42 Å². The number of nitrogens with one attached hydrogen (secondary N) is 1. The number of amides is 2. The Labute approximate surface area is 228 Å². The Balaban J connectivity index is 1.98. The molecule has 1 N–H and O–H groups in total. The van der Waals surface area contributed by atoms with Crippen LogP contribution in [0.25, 0.3) is 10.8 Å². The maximum atomic E-state index is 13.7. The first kappa shape index (κ1) is 28.8. The zero-order valence-electron chi connectivity index (χ0n) is 21.1. The van der Waals surface area contributed by atoms with Gasteiger partial charge < -0.3 is 10.2 Å². The van der Waals surface area contributed by atoms with Crippen LogP contribution in [-0.2, 0) is 26.2 Å². The molecule has 37 heavy (non-hydrogen) atoms. The van der Waals surface area contributed by atoms with Crippen LogP contribution in [0.2, 0.25) is 10.0 Å². The summed E-state index contributed by atoms with van der Waals surface area (Å²) >= 11 is 12.4. The van der Waals surface area contributed by atoms with Gasteiger partial charge in [0.25, 0.3) is 0 Å². The van der Waals surface area contributed by atoms with E-state index >= 15 is 0 Å². The molecule has 0 radical (unpaired) electrons. The summed E-state index contributed by atoms with van der Waals surface area (Å²) in [5, 5.41) is 5.17. The van der Waals surface area contributed by atoms with Gasteiger partial charge >= 0.3 is 0 Å². The van der Waals surface area contributed by atoms with Crippen molar-refractivity contribution >= 4 is 61.5 Å². The third kappa shape index (κ3) is 7.37. The molecule has 0 spiro atoms. The molecule has 0 aliphatic carbocycles. The summed E-state index contributed by atoms with van der Waals surface area (Å²) in [7, 11) is -3.85. The number of rotatable bonds is 11. The summed E-state index contributed by atoms with van der Waals surface area (Å²) in [6.45, 7) is 3.64. The molecule has 3 aromatic carbocycles. The third-order valence-corrected chi connectivity index (χ3v) is 7.78. The normalized spacial score (nSPS) is 12.2. The molecule has 3 rings (SSSR count). The van der Waals surface area contributed by atoms with Crippen molar-refractivity contribution in [1.29, 1.82) is 0 Å². The first-order valence-electron chi connectivity index (χ1n) is 12.0. The van der Waals surface area contributed by atoms with E-state index in [1.54, 1.807) is 37.3 Å². The van der Waals surface area contributed by atoms with E-state index in [0.29, 0.717) is 33.2 Å². The molecule has 3 aromatic rings. The molecule has 1 atom stereocenters. The Kier molecular flexibility index (Phi) is 9.81. The summed E-state index contributed by atoms with van der Waals surface area (Å²) in [4.78, 5) is 28.0. The zero-order valence-corrected chi connectivity index (χ0v) is 23.4. The summed E-state index contributed by atoms with van der Waals surface area (Å²) in [5.74, 6) is -0.870. The topological polar surface area (TPSA) is 86.8 Å². The molecular formula is C27H31Cl2N3O4S. The Hall–Kier alpha value is -2.81. The van der Waals surface area contributed by atoms with Crippen molar-refractivity contribution in [2.45, 2.75) is 39.3 Å². The van der Waals surface area contributed by atoms with Crippen LogP contribution >= 0.6 is 23.2 Å². The second kappa shape index (κ2) is 12.6. The van der Waals surface area contributed by atoms with Crippen molar-refractivity contribution in [1.82, 2.24) is 10.2 Å². The highest BCUT2D eigenvalue weighted by Gasteiger charge is 2.31. The Morgan fingerprint density at radius 1 is 1.03 bits per heavy atom. The van der Waals surface area contributed by atoms with Crippen LogP contribution < -0.4 is 9.62 Å². The number of unbranched alkanes of at least 4 members (excludes halogenated alkanes) is 1. The number of sulfonamides is 1. The summed E-state index contributed by atoms with van der Waals surface area (Å²) in [6, 6.07) is 16.7. The van der Waals surface area contributed by atoms with Crippen molar-refractivity contribution in [3.63, 3.8) is 0 Å². The molecular weight excluding hydrogens is 533 g/mol. The monoisotopic (exact) mass is 563 g/mol. The SMILES string of the molecule is CCCCNC(=O)[C@@H](C)N(Cc1ccc(Cl)cc1Cl)C(=O)CN(c1cccc2ccccc12)S(C)(=O)=O. The number of fused-ring (bicyclic) bond motifs is 1. The van der Waals surface area contributed by atoms with Crippen molar-refractivity contribution in [3.05, 3.63) is 76.3 Å². The van der Waals surface area contributed by atoms with Gasteiger partial charge in [-0.05, 0) is 42.5 Å². The molecule has 0 fully saturated rings. The molecule has 0 saturated carbocycles. The maximum Gasteiger partial charge on any atom is 0.244 e. The molecule has 10 heteroatoms. The number of hydrogen-bond acceptors (Lipinski definition) is 4. The fourth-order valence-electron chi connectivity index (χ4n) is 3.97. The van der Waals surface area contributed by atoms with E-state index in [9.17, 15) is 18.0 Å². The standard InChI is InChI=1S/C27H31Cl2N3O4S/c1-4-5-15-30-27(34)19(2)31(17-21-13-14-22(28)16-24(21)29)26(33)18-32(37(3,35)36)25-12-8-10-20-9-6-7-11-23(20)25/h6-14,16,19H,4-5,15,17-18H2,1-3H3,(H,30,34)/t19-/m1/s1. The fraction of sp³-hybridized carbons (Fsp3) is 0.333. The van der Waals surface area contributed by atoms with Gasteiger partial charge in [0, 0.05) is 28.5 Å². The van der Waals surface area contributed by atoms with Gasteiger partial charge in [0.15, 0.2) is 0 Å². The van der Waals surface area contributed by atoms with E-state index in [1.165, 1.54) is 4.90 Å². The van der Waals surface area contributed by atoms with Crippen LogP contribution in [0, 0.1) is 0 Å². The summed E-state index contributed by atoms with van der Waals surface area (Å²) in [5.41, 5.74) is 0.974. The van der Waals surface area contributed by atoms with Crippen LogP contribution in [-0.4, -0.2) is 50.5 Å². The number of carbonyl (C=O) groups is 2. The van der Waals surface area contributed by atoms with E-state index in [0.717, 1.165) is 28.8 Å². The molecule has 0 aromatic heterocycles. The van der Waals surface area contributed by atoms with Gasteiger partial charge in [0.05, 0.1) is 11.9 Å². The van der Waals surface area contributed by atoms with Crippen LogP contribution in [0.15, 0.2) is 60.7 Å². The maximum absolute atomic E-state index is 13.7. The molecule has 0 bridgehead atoms. The lowest BCUT2D eigenvalue weighted by molar-refractivity contribution is -0.139. The average Bonchev–Trinajstić information content (AvgIpc) is 2.85. The van der Waals surface area contributed by atoms with Crippen molar-refractivity contribution in [3.8, 4) is 0 Å². The lowest BCUT2D eigenvalue weighted by Crippen LogP contribution is -2.51. The van der Waals surface area contributed by atoms with Crippen LogP contribution in [0.5, 0.6) is 0 Å². The number of halogens is 2. The van der Waals surface area contributed by atoms with Crippen molar-refractivity contribution in [2.24, 2.45) is 0 Å². The highest BCUT2D eigenvalue weighted by molar-refractivity contribution is 7.92. The van der Waals surface area contributed by atoms with Gasteiger partial charge in [-0.3, -0.25) is 13.9 Å². The number of carbonyl (C=O) groups excluding carboxylic acids is 2. The molecule has 0 aliphatic rings. The quantitative estimate of drug-likeness (QED) is 0.323. The molecule has 0 aliphatic heterocycles. The largest absolute Gasteiger partial charge is 0.354 e. The van der Waals surface area contributed by atoms with E-state index in [1.807, 2.05) is 37.3 Å². The van der Waals surface area contributed by atoms with E-state index in [4.69, 9.17) is 23.2 Å². The minimum absolute atomic E-state index is 0.00430. The van der Waals surface area contributed by atoms with Gasteiger partial charge in [-0.1, -0.05) is 79.0 Å². The lowest BCUT2D eigenvalue weighted by Gasteiger charge is -2.32. The first-order valence-corrected chi connectivity index (χ1v) is 14.6. The third-order valence-electron chi connectivity index (χ3n) is 6.07. The summed E-state index contributed by atoms with van der Waals surface area (Å²) in [6.07, 6.45) is 2.77. The number of nitrogens with zero attached hydrogens (tertiary/aromatic N) is 2. The van der Waals surface area contributed by atoms with Crippen molar-refractivity contribution < 1.29 is 18.0 Å². The molecule has 0 heterocycles. The lowest BCUT2D eigenvalue weighted by atomic mass is 10.1. The van der Waals surface area contributed by atoms with E-state index in [-0.39, 0.29) is 12.5 Å². The Morgan fingerprint density at radius 3 is 2.41 bits per heavy atom. The predicted molar refractivity (Wildman–Crippen MR) is 151 cm³/mol. The van der Waals surface area contributed by atoms with E-state index in [2.05, 4.69) is 5.32 Å².